The maximum absolute atomic E-state index is 11.9. The quantitative estimate of drug-likeness (QED) is 0.429. The van der Waals surface area contributed by atoms with E-state index in [1.54, 1.807) is 24.6 Å². The highest BCUT2D eigenvalue weighted by Gasteiger charge is 2.14. The molecule has 0 aliphatic carbocycles. The lowest BCUT2D eigenvalue weighted by atomic mass is 10.1. The summed E-state index contributed by atoms with van der Waals surface area (Å²) < 4.78 is 26.6. The minimum atomic E-state index is -3.39. The van der Waals surface area contributed by atoms with E-state index in [9.17, 15) is 8.42 Å². The van der Waals surface area contributed by atoms with E-state index in [2.05, 4.69) is 20.3 Å². The summed E-state index contributed by atoms with van der Waals surface area (Å²) in [6.07, 6.45) is 0. The van der Waals surface area contributed by atoms with Gasteiger partial charge in [0.15, 0.2) is 5.96 Å². The molecule has 0 saturated heterocycles. The van der Waals surface area contributed by atoms with Gasteiger partial charge in [-0.05, 0) is 32.2 Å². The molecule has 0 aliphatic rings. The second-order valence-corrected chi connectivity index (χ2v) is 8.15. The molecule has 1 aromatic heterocycles. The first-order valence-electron chi connectivity index (χ1n) is 6.26. The van der Waals surface area contributed by atoms with Crippen LogP contribution < -0.4 is 15.4 Å². The Morgan fingerprint density at radius 3 is 2.55 bits per heavy atom. The molecule has 0 radical (unpaired) electrons. The number of aliphatic imine (C=N–C) groups is 1. The van der Waals surface area contributed by atoms with Crippen molar-refractivity contribution in [1.82, 2.24) is 15.4 Å². The zero-order chi connectivity index (χ0) is 15.2. The maximum atomic E-state index is 11.9. The smallest absolute Gasteiger partial charge is 0.250 e. The topological polar surface area (TPSA) is 82.6 Å². The number of nitrogens with one attached hydrogen (secondary N) is 3. The SMILES string of the molecule is CN=C(NCCNS(=O)(=O)c1cccs1)NC(C)(C)C. The minimum Gasteiger partial charge on any atom is -0.355 e. The van der Waals surface area contributed by atoms with Crippen molar-refractivity contribution in [1.29, 1.82) is 0 Å². The van der Waals surface area contributed by atoms with Gasteiger partial charge in [0.05, 0.1) is 0 Å². The van der Waals surface area contributed by atoms with Crippen molar-refractivity contribution in [3.8, 4) is 0 Å². The summed E-state index contributed by atoms with van der Waals surface area (Å²) in [5, 5.41) is 7.99. The summed E-state index contributed by atoms with van der Waals surface area (Å²) in [5.74, 6) is 0.646. The van der Waals surface area contributed by atoms with E-state index in [1.165, 1.54) is 11.3 Å². The first-order chi connectivity index (χ1) is 9.24. The molecule has 0 aromatic carbocycles. The number of thiophene rings is 1. The molecule has 6 nitrogen and oxygen atoms in total. The van der Waals surface area contributed by atoms with Crippen molar-refractivity contribution >= 4 is 27.3 Å². The number of hydrogen-bond donors (Lipinski definition) is 3. The van der Waals surface area contributed by atoms with Crippen molar-refractivity contribution in [3.05, 3.63) is 17.5 Å². The molecule has 0 fully saturated rings. The summed E-state index contributed by atoms with van der Waals surface area (Å²) in [5.41, 5.74) is -0.0989. The first-order valence-corrected chi connectivity index (χ1v) is 8.63. The average Bonchev–Trinajstić information content (AvgIpc) is 2.86. The number of guanidine groups is 1. The standard InChI is InChI=1S/C12H22N4O2S2/c1-12(2,3)16-11(13-4)14-7-8-15-20(17,18)10-6-5-9-19-10/h5-6,9,15H,7-8H2,1-4H3,(H2,13,14,16). The van der Waals surface area contributed by atoms with Crippen LogP contribution in [0.5, 0.6) is 0 Å². The summed E-state index contributed by atoms with van der Waals surface area (Å²) in [7, 11) is -1.71. The number of sulfonamides is 1. The molecule has 114 valence electrons. The normalized spacial score (nSPS) is 13.3. The van der Waals surface area contributed by atoms with Crippen molar-refractivity contribution in [2.45, 2.75) is 30.5 Å². The molecule has 0 atom stereocenters. The highest BCUT2D eigenvalue weighted by Crippen LogP contribution is 2.14. The molecular formula is C12H22N4O2S2. The van der Waals surface area contributed by atoms with Crippen molar-refractivity contribution < 1.29 is 8.42 Å². The fourth-order valence-electron chi connectivity index (χ4n) is 1.39. The van der Waals surface area contributed by atoms with Gasteiger partial charge in [-0.2, -0.15) is 0 Å². The molecule has 1 heterocycles. The molecule has 0 bridgehead atoms. The van der Waals surface area contributed by atoms with Gasteiger partial charge in [-0.15, -0.1) is 11.3 Å². The van der Waals surface area contributed by atoms with Crippen LogP contribution in [0.25, 0.3) is 0 Å². The largest absolute Gasteiger partial charge is 0.355 e. The highest BCUT2D eigenvalue weighted by molar-refractivity contribution is 7.91. The van der Waals surface area contributed by atoms with E-state index >= 15 is 0 Å². The second kappa shape index (κ2) is 7.05. The van der Waals surface area contributed by atoms with Gasteiger partial charge in [-0.3, -0.25) is 4.99 Å². The molecule has 8 heteroatoms. The van der Waals surface area contributed by atoms with Gasteiger partial charge >= 0.3 is 0 Å². The molecule has 0 aliphatic heterocycles. The van der Waals surface area contributed by atoms with E-state index in [-0.39, 0.29) is 5.54 Å². The fourth-order valence-corrected chi connectivity index (χ4v) is 3.46. The van der Waals surface area contributed by atoms with Gasteiger partial charge in [-0.1, -0.05) is 6.07 Å². The van der Waals surface area contributed by atoms with Gasteiger partial charge in [-0.25, -0.2) is 13.1 Å². The van der Waals surface area contributed by atoms with Crippen molar-refractivity contribution in [2.24, 2.45) is 4.99 Å². The lowest BCUT2D eigenvalue weighted by Gasteiger charge is -2.23. The van der Waals surface area contributed by atoms with Crippen LogP contribution in [0.2, 0.25) is 0 Å². The first kappa shape index (κ1) is 16.9. The van der Waals surface area contributed by atoms with Crippen LogP contribution in [-0.4, -0.2) is 40.1 Å². The Bertz CT molecular complexity index is 530. The fraction of sp³-hybridized carbons (Fsp3) is 0.583. The zero-order valence-electron chi connectivity index (χ0n) is 12.2. The average molecular weight is 318 g/mol. The summed E-state index contributed by atoms with van der Waals surface area (Å²) in [6, 6.07) is 3.30. The summed E-state index contributed by atoms with van der Waals surface area (Å²) in [6.45, 7) is 6.84. The third-order valence-corrected chi connectivity index (χ3v) is 5.04. The molecular weight excluding hydrogens is 296 g/mol. The van der Waals surface area contributed by atoms with Crippen LogP contribution >= 0.6 is 11.3 Å². The second-order valence-electron chi connectivity index (χ2n) is 5.20. The molecule has 0 saturated carbocycles. The molecule has 0 amide bonds. The van der Waals surface area contributed by atoms with Crippen LogP contribution in [0.15, 0.2) is 26.7 Å². The molecule has 1 rings (SSSR count). The predicted molar refractivity (Wildman–Crippen MR) is 83.8 cm³/mol. The Hall–Kier alpha value is -1.12. The number of hydrogen-bond acceptors (Lipinski definition) is 4. The maximum Gasteiger partial charge on any atom is 0.250 e. The van der Waals surface area contributed by atoms with Crippen LogP contribution in [-0.2, 0) is 10.0 Å². The van der Waals surface area contributed by atoms with E-state index in [0.29, 0.717) is 23.3 Å². The molecule has 3 N–H and O–H groups in total. The molecule has 20 heavy (non-hydrogen) atoms. The lowest BCUT2D eigenvalue weighted by molar-refractivity contribution is 0.501. The van der Waals surface area contributed by atoms with E-state index in [4.69, 9.17) is 0 Å². The Morgan fingerprint density at radius 1 is 1.35 bits per heavy atom. The van der Waals surface area contributed by atoms with E-state index in [1.807, 2.05) is 20.8 Å². The highest BCUT2D eigenvalue weighted by atomic mass is 32.2. The molecule has 0 unspecified atom stereocenters. The molecule has 0 spiro atoms. The molecule has 1 aromatic rings. The third kappa shape index (κ3) is 5.89. The van der Waals surface area contributed by atoms with Crippen LogP contribution in [0.3, 0.4) is 0 Å². The Morgan fingerprint density at radius 2 is 2.05 bits per heavy atom. The Balaban J connectivity index is 2.38. The van der Waals surface area contributed by atoms with Gasteiger partial charge in [0, 0.05) is 25.7 Å². The minimum absolute atomic E-state index is 0.0989. The summed E-state index contributed by atoms with van der Waals surface area (Å²) >= 11 is 1.20. The van der Waals surface area contributed by atoms with Crippen LogP contribution in [0.4, 0.5) is 0 Å². The van der Waals surface area contributed by atoms with Gasteiger partial charge < -0.3 is 10.6 Å². The van der Waals surface area contributed by atoms with Crippen LogP contribution in [0.1, 0.15) is 20.8 Å². The third-order valence-electron chi connectivity index (χ3n) is 2.19. The Kier molecular flexibility index (Phi) is 5.97. The zero-order valence-corrected chi connectivity index (χ0v) is 13.9. The van der Waals surface area contributed by atoms with Crippen molar-refractivity contribution in [3.63, 3.8) is 0 Å². The monoisotopic (exact) mass is 318 g/mol. The Labute approximate surface area is 124 Å². The van der Waals surface area contributed by atoms with Gasteiger partial charge in [0.1, 0.15) is 4.21 Å². The van der Waals surface area contributed by atoms with E-state index < -0.39 is 10.0 Å². The summed E-state index contributed by atoms with van der Waals surface area (Å²) in [4.78, 5) is 4.08. The van der Waals surface area contributed by atoms with Crippen molar-refractivity contribution in [2.75, 3.05) is 20.1 Å². The van der Waals surface area contributed by atoms with E-state index in [0.717, 1.165) is 0 Å². The number of nitrogens with zero attached hydrogens (tertiary/aromatic N) is 1. The van der Waals surface area contributed by atoms with Gasteiger partial charge in [0.25, 0.3) is 0 Å². The predicted octanol–water partition coefficient (Wildman–Crippen LogP) is 0.990. The number of rotatable bonds is 5. The lowest BCUT2D eigenvalue weighted by Crippen LogP contribution is -2.49. The van der Waals surface area contributed by atoms with Crippen LogP contribution in [0, 0.1) is 0 Å². The van der Waals surface area contributed by atoms with Gasteiger partial charge in [0.2, 0.25) is 10.0 Å².